The Kier molecular flexibility index (Phi) is 4.45. The van der Waals surface area contributed by atoms with Gasteiger partial charge in [0.25, 0.3) is 0 Å². The monoisotopic (exact) mass is 320 g/mol. The molecule has 1 unspecified atom stereocenters. The molecule has 0 amide bonds. The molecule has 24 heavy (non-hydrogen) atoms. The molecule has 124 valence electrons. The van der Waals surface area contributed by atoms with Crippen LogP contribution in [0.5, 0.6) is 0 Å². The first-order valence-corrected chi connectivity index (χ1v) is 8.14. The van der Waals surface area contributed by atoms with Gasteiger partial charge in [0.1, 0.15) is 6.10 Å². The van der Waals surface area contributed by atoms with Crippen LogP contribution >= 0.6 is 0 Å². The summed E-state index contributed by atoms with van der Waals surface area (Å²) in [7, 11) is 8.16. The highest BCUT2D eigenvalue weighted by Crippen LogP contribution is 2.40. The molecule has 0 aromatic heterocycles. The van der Waals surface area contributed by atoms with Crippen molar-refractivity contribution in [3.63, 3.8) is 0 Å². The zero-order chi connectivity index (χ0) is 17.3. The second-order valence-electron chi connectivity index (χ2n) is 6.48. The maximum Gasteiger partial charge on any atom is 0.106 e. The zero-order valence-electron chi connectivity index (χ0n) is 14.7. The Morgan fingerprint density at radius 3 is 2.08 bits per heavy atom. The summed E-state index contributed by atoms with van der Waals surface area (Å²) in [5.41, 5.74) is 4.04. The van der Waals surface area contributed by atoms with Gasteiger partial charge in [-0.25, -0.2) is 0 Å². The fourth-order valence-electron chi connectivity index (χ4n) is 3.25. The van der Waals surface area contributed by atoms with Gasteiger partial charge in [-0.15, -0.1) is 0 Å². The third kappa shape index (κ3) is 2.83. The van der Waals surface area contributed by atoms with E-state index in [9.17, 15) is 5.11 Å². The molecule has 0 radical (unpaired) electrons. The smallest absolute Gasteiger partial charge is 0.106 e. The molecule has 0 aliphatic carbocycles. The highest BCUT2D eigenvalue weighted by molar-refractivity contribution is 6.05. The predicted molar refractivity (Wildman–Crippen MR) is 103 cm³/mol. The number of aliphatic hydroxyl groups excluding tert-OH is 1. The van der Waals surface area contributed by atoms with Crippen LogP contribution in [0.4, 0.5) is 11.4 Å². The number of rotatable bonds is 4. The lowest BCUT2D eigenvalue weighted by molar-refractivity contribution is 0.221. The van der Waals surface area contributed by atoms with Gasteiger partial charge in [0, 0.05) is 44.8 Å². The minimum Gasteiger partial charge on any atom is -0.384 e. The lowest BCUT2D eigenvalue weighted by Crippen LogP contribution is -2.16. The first-order valence-electron chi connectivity index (χ1n) is 8.14. The molecule has 3 aromatic rings. The van der Waals surface area contributed by atoms with Crippen molar-refractivity contribution >= 4 is 22.1 Å². The Morgan fingerprint density at radius 1 is 0.750 bits per heavy atom. The normalized spacial score (nSPS) is 12.2. The Morgan fingerprint density at radius 2 is 1.46 bits per heavy atom. The standard InChI is InChI=1S/C21H24N2O/c1-22(2)18-12-8-11-15-13-14-17(20(19(15)18)23(3)4)21(24)16-9-6-5-7-10-16/h5-14,21,24H,1-4H3. The van der Waals surface area contributed by atoms with Gasteiger partial charge in [0.2, 0.25) is 0 Å². The van der Waals surface area contributed by atoms with Gasteiger partial charge in [-0.3, -0.25) is 0 Å². The lowest BCUT2D eigenvalue weighted by atomic mass is 9.94. The van der Waals surface area contributed by atoms with Gasteiger partial charge in [-0.1, -0.05) is 54.6 Å². The van der Waals surface area contributed by atoms with Crippen LogP contribution in [-0.2, 0) is 0 Å². The van der Waals surface area contributed by atoms with Gasteiger partial charge in [-0.2, -0.15) is 0 Å². The van der Waals surface area contributed by atoms with Gasteiger partial charge in [-0.05, 0) is 17.0 Å². The third-order valence-electron chi connectivity index (χ3n) is 4.37. The molecule has 0 spiro atoms. The number of nitrogens with zero attached hydrogens (tertiary/aromatic N) is 2. The van der Waals surface area contributed by atoms with E-state index in [-0.39, 0.29) is 0 Å². The molecule has 0 saturated carbocycles. The summed E-state index contributed by atoms with van der Waals surface area (Å²) in [4.78, 5) is 4.21. The Hall–Kier alpha value is -2.52. The van der Waals surface area contributed by atoms with Crippen molar-refractivity contribution in [1.29, 1.82) is 0 Å². The highest BCUT2D eigenvalue weighted by Gasteiger charge is 2.20. The van der Waals surface area contributed by atoms with E-state index in [1.54, 1.807) is 0 Å². The van der Waals surface area contributed by atoms with E-state index < -0.39 is 6.10 Å². The quantitative estimate of drug-likeness (QED) is 0.785. The summed E-state index contributed by atoms with van der Waals surface area (Å²) in [5, 5.41) is 13.3. The maximum absolute atomic E-state index is 11.0. The number of benzene rings is 3. The molecule has 0 aliphatic rings. The molecule has 0 bridgehead atoms. The number of hydrogen-bond acceptors (Lipinski definition) is 3. The average molecular weight is 320 g/mol. The lowest BCUT2D eigenvalue weighted by Gasteiger charge is -2.26. The number of anilines is 2. The average Bonchev–Trinajstić information content (AvgIpc) is 2.60. The minimum absolute atomic E-state index is 0.650. The van der Waals surface area contributed by atoms with Gasteiger partial charge in [0.05, 0.1) is 5.69 Å². The van der Waals surface area contributed by atoms with E-state index >= 15 is 0 Å². The van der Waals surface area contributed by atoms with Crippen molar-refractivity contribution in [2.75, 3.05) is 38.0 Å². The molecule has 1 N–H and O–H groups in total. The summed E-state index contributed by atoms with van der Waals surface area (Å²) in [6.45, 7) is 0. The molecule has 0 aliphatic heterocycles. The van der Waals surface area contributed by atoms with Crippen LogP contribution in [0.1, 0.15) is 17.2 Å². The Balaban J connectivity index is 2.29. The van der Waals surface area contributed by atoms with E-state index in [2.05, 4.69) is 48.2 Å². The summed E-state index contributed by atoms with van der Waals surface area (Å²) < 4.78 is 0. The maximum atomic E-state index is 11.0. The molecule has 0 fully saturated rings. The zero-order valence-corrected chi connectivity index (χ0v) is 14.7. The Bertz CT molecular complexity index is 841. The van der Waals surface area contributed by atoms with Gasteiger partial charge >= 0.3 is 0 Å². The third-order valence-corrected chi connectivity index (χ3v) is 4.37. The van der Waals surface area contributed by atoms with Crippen molar-refractivity contribution in [3.05, 3.63) is 71.8 Å². The first kappa shape index (κ1) is 16.3. The van der Waals surface area contributed by atoms with Crippen molar-refractivity contribution in [2.24, 2.45) is 0 Å². The van der Waals surface area contributed by atoms with E-state index in [4.69, 9.17) is 0 Å². The molecule has 3 nitrogen and oxygen atoms in total. The topological polar surface area (TPSA) is 26.7 Å². The van der Waals surface area contributed by atoms with E-state index in [1.807, 2.05) is 50.5 Å². The molecule has 3 aromatic carbocycles. The second kappa shape index (κ2) is 6.54. The highest BCUT2D eigenvalue weighted by atomic mass is 16.3. The van der Waals surface area contributed by atoms with Crippen LogP contribution in [0.25, 0.3) is 10.8 Å². The first-order chi connectivity index (χ1) is 11.5. The van der Waals surface area contributed by atoms with E-state index in [0.29, 0.717) is 0 Å². The van der Waals surface area contributed by atoms with Crippen molar-refractivity contribution in [2.45, 2.75) is 6.10 Å². The summed E-state index contributed by atoms with van der Waals surface area (Å²) in [5.74, 6) is 0. The van der Waals surface area contributed by atoms with Crippen LogP contribution in [0.3, 0.4) is 0 Å². The SMILES string of the molecule is CN(C)c1cccc2ccc(C(O)c3ccccc3)c(N(C)C)c12. The van der Waals surface area contributed by atoms with E-state index in [1.165, 1.54) is 10.8 Å². The molecule has 0 saturated heterocycles. The van der Waals surface area contributed by atoms with Gasteiger partial charge in [0.15, 0.2) is 0 Å². The molecular formula is C21H24N2O. The van der Waals surface area contributed by atoms with Crippen molar-refractivity contribution in [3.8, 4) is 0 Å². The summed E-state index contributed by atoms with van der Waals surface area (Å²) in [6.07, 6.45) is -0.650. The van der Waals surface area contributed by atoms with Crippen molar-refractivity contribution in [1.82, 2.24) is 0 Å². The number of fused-ring (bicyclic) bond motifs is 1. The molecule has 0 heterocycles. The fourth-order valence-corrected chi connectivity index (χ4v) is 3.25. The minimum atomic E-state index is -0.650. The summed E-state index contributed by atoms with van der Waals surface area (Å²) in [6, 6.07) is 20.3. The predicted octanol–water partition coefficient (Wildman–Crippen LogP) is 4.05. The number of aliphatic hydroxyl groups is 1. The summed E-state index contributed by atoms with van der Waals surface area (Å²) >= 11 is 0. The molecule has 1 atom stereocenters. The second-order valence-corrected chi connectivity index (χ2v) is 6.48. The van der Waals surface area contributed by atoms with E-state index in [0.717, 1.165) is 22.5 Å². The van der Waals surface area contributed by atoms with Crippen LogP contribution in [-0.4, -0.2) is 33.3 Å². The molecule has 3 rings (SSSR count). The largest absolute Gasteiger partial charge is 0.384 e. The Labute approximate surface area is 143 Å². The van der Waals surface area contributed by atoms with Crippen LogP contribution in [0.2, 0.25) is 0 Å². The molecule has 3 heteroatoms. The molecular weight excluding hydrogens is 296 g/mol. The van der Waals surface area contributed by atoms with Crippen LogP contribution in [0.15, 0.2) is 60.7 Å². The van der Waals surface area contributed by atoms with Crippen LogP contribution < -0.4 is 9.80 Å². The van der Waals surface area contributed by atoms with Crippen LogP contribution in [0, 0.1) is 0 Å². The van der Waals surface area contributed by atoms with Gasteiger partial charge < -0.3 is 14.9 Å². The number of hydrogen-bond donors (Lipinski definition) is 1. The van der Waals surface area contributed by atoms with Crippen molar-refractivity contribution < 1.29 is 5.11 Å². The fraction of sp³-hybridized carbons (Fsp3) is 0.238.